The summed E-state index contributed by atoms with van der Waals surface area (Å²) in [5, 5.41) is 18.4. The van der Waals surface area contributed by atoms with Crippen LogP contribution in [0.15, 0.2) is 0 Å². The van der Waals surface area contributed by atoms with Crippen molar-refractivity contribution in [2.24, 2.45) is 5.92 Å². The average Bonchev–Trinajstić information content (AvgIpc) is 1.98. The molecule has 0 aliphatic rings. The molecule has 68 valence electrons. The molecule has 0 aromatic rings. The summed E-state index contributed by atoms with van der Waals surface area (Å²) >= 11 is 0. The van der Waals surface area contributed by atoms with Crippen LogP contribution in [0.1, 0.15) is 6.92 Å². The molecule has 0 aromatic heterocycles. The Hall–Kier alpha value is -1.59. The summed E-state index contributed by atoms with van der Waals surface area (Å²) in [6.45, 7) is 0.621. The Morgan fingerprint density at radius 3 is 2.17 bits per heavy atom. The molecule has 0 spiro atoms. The quantitative estimate of drug-likeness (QED) is 0.471. The van der Waals surface area contributed by atoms with Crippen LogP contribution in [0.5, 0.6) is 0 Å². The van der Waals surface area contributed by atoms with Gasteiger partial charge in [0.25, 0.3) is 0 Å². The molecule has 6 nitrogen and oxygen atoms in total. The fourth-order valence-corrected chi connectivity index (χ4v) is 0.428. The molecule has 0 heterocycles. The van der Waals surface area contributed by atoms with Crippen LogP contribution >= 0.6 is 0 Å². The lowest BCUT2D eigenvalue weighted by Crippen LogP contribution is -2.36. The Morgan fingerprint density at radius 1 is 1.33 bits per heavy atom. The van der Waals surface area contributed by atoms with Crippen molar-refractivity contribution in [2.75, 3.05) is 6.54 Å². The van der Waals surface area contributed by atoms with Crippen LogP contribution in [0, 0.1) is 5.92 Å². The lowest BCUT2D eigenvalue weighted by Gasteiger charge is -2.04. The van der Waals surface area contributed by atoms with Gasteiger partial charge in [-0.25, -0.2) is 0 Å². The normalized spacial score (nSPS) is 11.8. The minimum absolute atomic E-state index is 0.559. The molecule has 1 amide bonds. The third-order valence-electron chi connectivity index (χ3n) is 1.18. The average molecular weight is 175 g/mol. The number of amides is 1. The second-order valence-corrected chi connectivity index (χ2v) is 2.17. The Morgan fingerprint density at radius 2 is 1.83 bits per heavy atom. The molecule has 0 aliphatic carbocycles. The summed E-state index contributed by atoms with van der Waals surface area (Å²) in [5.74, 6) is -4.51. The van der Waals surface area contributed by atoms with E-state index in [2.05, 4.69) is 0 Å². The molecular formula is C6H9NO5. The Kier molecular flexibility index (Phi) is 3.75. The maximum absolute atomic E-state index is 10.7. The first-order valence-corrected chi connectivity index (χ1v) is 3.17. The van der Waals surface area contributed by atoms with E-state index in [0.717, 1.165) is 0 Å². The Labute approximate surface area is 68.2 Å². The standard InChI is InChI=1S/C6H9NO5/c1-3(6(11)12)5(10)7-2-4(8)9/h3H,2H2,1H3,(H,7,10)(H,8,9)(H,11,12). The molecule has 1 atom stereocenters. The number of hydrogen-bond donors (Lipinski definition) is 3. The predicted molar refractivity (Wildman–Crippen MR) is 37.4 cm³/mol. The minimum atomic E-state index is -1.28. The highest BCUT2D eigenvalue weighted by atomic mass is 16.4. The topological polar surface area (TPSA) is 104 Å². The van der Waals surface area contributed by atoms with Crippen LogP contribution in [0.4, 0.5) is 0 Å². The first-order valence-electron chi connectivity index (χ1n) is 3.17. The summed E-state index contributed by atoms with van der Waals surface area (Å²) in [5.41, 5.74) is 0. The van der Waals surface area contributed by atoms with Gasteiger partial charge in [-0.1, -0.05) is 0 Å². The largest absolute Gasteiger partial charge is 0.481 e. The zero-order valence-electron chi connectivity index (χ0n) is 6.40. The molecular weight excluding hydrogens is 166 g/mol. The summed E-state index contributed by atoms with van der Waals surface area (Å²) in [7, 11) is 0. The van der Waals surface area contributed by atoms with Gasteiger partial charge in [-0.3, -0.25) is 14.4 Å². The van der Waals surface area contributed by atoms with E-state index >= 15 is 0 Å². The van der Waals surface area contributed by atoms with Gasteiger partial charge >= 0.3 is 11.9 Å². The van der Waals surface area contributed by atoms with Crippen molar-refractivity contribution in [3.05, 3.63) is 0 Å². The fourth-order valence-electron chi connectivity index (χ4n) is 0.428. The smallest absolute Gasteiger partial charge is 0.322 e. The minimum Gasteiger partial charge on any atom is -0.481 e. The molecule has 0 saturated carbocycles. The van der Waals surface area contributed by atoms with Crippen LogP contribution in [0.2, 0.25) is 0 Å². The molecule has 0 aromatic carbocycles. The SMILES string of the molecule is CC(C(=O)O)C(=O)NCC(=O)O. The van der Waals surface area contributed by atoms with Gasteiger partial charge < -0.3 is 15.5 Å². The maximum Gasteiger partial charge on any atom is 0.322 e. The molecule has 3 N–H and O–H groups in total. The van der Waals surface area contributed by atoms with Crippen LogP contribution in [-0.2, 0) is 14.4 Å². The van der Waals surface area contributed by atoms with Gasteiger partial charge in [-0.05, 0) is 6.92 Å². The van der Waals surface area contributed by atoms with E-state index < -0.39 is 30.3 Å². The molecule has 0 fully saturated rings. The first kappa shape index (κ1) is 10.4. The van der Waals surface area contributed by atoms with Crippen molar-refractivity contribution in [2.45, 2.75) is 6.92 Å². The third kappa shape index (κ3) is 3.55. The van der Waals surface area contributed by atoms with Crippen molar-refractivity contribution >= 4 is 17.8 Å². The van der Waals surface area contributed by atoms with Crippen molar-refractivity contribution < 1.29 is 24.6 Å². The number of rotatable bonds is 4. The second-order valence-electron chi connectivity index (χ2n) is 2.17. The molecule has 6 heteroatoms. The van der Waals surface area contributed by atoms with Gasteiger partial charge in [-0.2, -0.15) is 0 Å². The van der Waals surface area contributed by atoms with Gasteiger partial charge in [0.05, 0.1) is 0 Å². The molecule has 0 radical (unpaired) electrons. The molecule has 0 aliphatic heterocycles. The van der Waals surface area contributed by atoms with Crippen molar-refractivity contribution in [1.82, 2.24) is 5.32 Å². The summed E-state index contributed by atoms with van der Waals surface area (Å²) in [6, 6.07) is 0. The highest BCUT2D eigenvalue weighted by Crippen LogP contribution is 1.93. The van der Waals surface area contributed by atoms with Gasteiger partial charge in [-0.15, -0.1) is 0 Å². The van der Waals surface area contributed by atoms with Gasteiger partial charge in [0, 0.05) is 0 Å². The van der Waals surface area contributed by atoms with Gasteiger partial charge in [0.1, 0.15) is 12.5 Å². The van der Waals surface area contributed by atoms with E-state index in [1.54, 1.807) is 0 Å². The Balaban J connectivity index is 3.88. The van der Waals surface area contributed by atoms with E-state index in [1.807, 2.05) is 5.32 Å². The van der Waals surface area contributed by atoms with Crippen molar-refractivity contribution in [3.8, 4) is 0 Å². The molecule has 1 unspecified atom stereocenters. The van der Waals surface area contributed by atoms with E-state index in [1.165, 1.54) is 6.92 Å². The van der Waals surface area contributed by atoms with Crippen LogP contribution in [0.25, 0.3) is 0 Å². The summed E-state index contributed by atoms with van der Waals surface area (Å²) < 4.78 is 0. The summed E-state index contributed by atoms with van der Waals surface area (Å²) in [6.07, 6.45) is 0. The van der Waals surface area contributed by atoms with Crippen molar-refractivity contribution in [3.63, 3.8) is 0 Å². The fraction of sp³-hybridized carbons (Fsp3) is 0.500. The lowest BCUT2D eigenvalue weighted by molar-refractivity contribution is -0.147. The predicted octanol–water partition coefficient (Wildman–Crippen LogP) is -1.09. The maximum atomic E-state index is 10.7. The number of carbonyl (C=O) groups is 3. The number of nitrogens with one attached hydrogen (secondary N) is 1. The van der Waals surface area contributed by atoms with E-state index in [9.17, 15) is 14.4 Å². The number of carboxylic acids is 2. The number of carboxylic acid groups (broad SMARTS) is 2. The molecule has 0 rings (SSSR count). The first-order chi connectivity index (χ1) is 5.45. The Bertz CT molecular complexity index is 212. The van der Waals surface area contributed by atoms with E-state index in [4.69, 9.17) is 10.2 Å². The third-order valence-corrected chi connectivity index (χ3v) is 1.18. The highest BCUT2D eigenvalue weighted by molar-refractivity contribution is 5.97. The molecule has 0 saturated heterocycles. The van der Waals surface area contributed by atoms with Crippen LogP contribution < -0.4 is 5.32 Å². The molecule has 12 heavy (non-hydrogen) atoms. The van der Waals surface area contributed by atoms with E-state index in [-0.39, 0.29) is 0 Å². The highest BCUT2D eigenvalue weighted by Gasteiger charge is 2.20. The van der Waals surface area contributed by atoms with Gasteiger partial charge in [0.2, 0.25) is 5.91 Å². The van der Waals surface area contributed by atoms with E-state index in [0.29, 0.717) is 0 Å². The monoisotopic (exact) mass is 175 g/mol. The number of hydrogen-bond acceptors (Lipinski definition) is 3. The van der Waals surface area contributed by atoms with Crippen LogP contribution in [-0.4, -0.2) is 34.6 Å². The molecule has 0 bridgehead atoms. The van der Waals surface area contributed by atoms with Crippen molar-refractivity contribution in [1.29, 1.82) is 0 Å². The second kappa shape index (κ2) is 4.32. The number of carbonyl (C=O) groups excluding carboxylic acids is 1. The lowest BCUT2D eigenvalue weighted by atomic mass is 10.2. The summed E-state index contributed by atoms with van der Waals surface area (Å²) in [4.78, 5) is 30.8. The zero-order valence-corrected chi connectivity index (χ0v) is 6.40. The number of aliphatic carboxylic acids is 2. The zero-order chi connectivity index (χ0) is 9.72. The van der Waals surface area contributed by atoms with Crippen LogP contribution in [0.3, 0.4) is 0 Å². The van der Waals surface area contributed by atoms with Gasteiger partial charge in [0.15, 0.2) is 0 Å².